The van der Waals surface area contributed by atoms with Crippen LogP contribution in [-0.4, -0.2) is 17.5 Å². The van der Waals surface area contributed by atoms with Crippen molar-refractivity contribution in [1.82, 2.24) is 0 Å². The maximum Gasteiger partial charge on any atom is 0.343 e. The van der Waals surface area contributed by atoms with Crippen molar-refractivity contribution >= 4 is 11.7 Å². The van der Waals surface area contributed by atoms with Crippen molar-refractivity contribution in [3.05, 3.63) is 64.2 Å². The van der Waals surface area contributed by atoms with Crippen LogP contribution >= 0.6 is 0 Å². The molecule has 0 spiro atoms. The van der Waals surface area contributed by atoms with Gasteiger partial charge in [-0.3, -0.25) is 10.1 Å². The average Bonchev–Trinajstić information content (AvgIpc) is 2.65. The van der Waals surface area contributed by atoms with E-state index in [1.807, 2.05) is 0 Å². The van der Waals surface area contributed by atoms with Gasteiger partial charge in [0.05, 0.1) is 17.1 Å². The van der Waals surface area contributed by atoms with Crippen LogP contribution in [0, 0.1) is 10.1 Å². The van der Waals surface area contributed by atoms with E-state index in [-0.39, 0.29) is 11.4 Å². The molecule has 0 aliphatic carbocycles. The third-order valence-corrected chi connectivity index (χ3v) is 3.86. The molecule has 0 heterocycles. The predicted molar refractivity (Wildman–Crippen MR) is 98.8 cm³/mol. The number of carbonyl (C=O) groups excluding carboxylic acids is 1. The Balaban J connectivity index is 1.81. The summed E-state index contributed by atoms with van der Waals surface area (Å²) >= 11 is 0. The molecule has 0 saturated heterocycles. The maximum absolute atomic E-state index is 12.1. The van der Waals surface area contributed by atoms with E-state index in [0.29, 0.717) is 17.9 Å². The van der Waals surface area contributed by atoms with Crippen LogP contribution in [0.5, 0.6) is 11.5 Å². The molecule has 0 atom stereocenters. The lowest BCUT2D eigenvalue weighted by Gasteiger charge is -2.07. The second-order valence-corrected chi connectivity index (χ2v) is 5.93. The molecule has 0 aliphatic rings. The summed E-state index contributed by atoms with van der Waals surface area (Å²) in [5, 5.41) is 10.6. The number of nitro groups is 1. The second-order valence-electron chi connectivity index (χ2n) is 5.93. The van der Waals surface area contributed by atoms with Crippen LogP contribution in [0.4, 0.5) is 5.69 Å². The molecule has 6 heteroatoms. The van der Waals surface area contributed by atoms with E-state index in [2.05, 4.69) is 6.92 Å². The quantitative estimate of drug-likeness (QED) is 0.193. The molecular weight excluding hydrogens is 334 g/mol. The SMILES string of the molecule is CCCCCCCOc1ccc(C(=O)Oc2ccc([N+](=O)[O-])cc2)cc1. The molecule has 0 saturated carbocycles. The smallest absolute Gasteiger partial charge is 0.343 e. The fraction of sp³-hybridized carbons (Fsp3) is 0.350. The zero-order chi connectivity index (χ0) is 18.8. The number of hydrogen-bond acceptors (Lipinski definition) is 5. The fourth-order valence-corrected chi connectivity index (χ4v) is 2.38. The van der Waals surface area contributed by atoms with Gasteiger partial charge in [0, 0.05) is 12.1 Å². The zero-order valence-corrected chi connectivity index (χ0v) is 14.8. The zero-order valence-electron chi connectivity index (χ0n) is 14.8. The highest BCUT2D eigenvalue weighted by Gasteiger charge is 2.10. The number of non-ortho nitro benzene ring substituents is 1. The van der Waals surface area contributed by atoms with Crippen LogP contribution in [0.1, 0.15) is 49.4 Å². The van der Waals surface area contributed by atoms with Crippen LogP contribution in [0.3, 0.4) is 0 Å². The number of hydrogen-bond donors (Lipinski definition) is 0. The third kappa shape index (κ3) is 6.20. The van der Waals surface area contributed by atoms with Crippen molar-refractivity contribution in [3.8, 4) is 11.5 Å². The van der Waals surface area contributed by atoms with Gasteiger partial charge in [0.1, 0.15) is 11.5 Å². The first-order valence-corrected chi connectivity index (χ1v) is 8.79. The highest BCUT2D eigenvalue weighted by Crippen LogP contribution is 2.19. The molecule has 2 rings (SSSR count). The maximum atomic E-state index is 12.1. The molecule has 0 radical (unpaired) electrons. The van der Waals surface area contributed by atoms with Crippen LogP contribution in [-0.2, 0) is 0 Å². The summed E-state index contributed by atoms with van der Waals surface area (Å²) in [7, 11) is 0. The summed E-state index contributed by atoms with van der Waals surface area (Å²) in [6.07, 6.45) is 5.88. The molecule has 26 heavy (non-hydrogen) atoms. The van der Waals surface area contributed by atoms with Crippen LogP contribution < -0.4 is 9.47 Å². The van der Waals surface area contributed by atoms with Crippen LogP contribution in [0.2, 0.25) is 0 Å². The number of benzene rings is 2. The molecule has 0 N–H and O–H groups in total. The Morgan fingerprint density at radius 3 is 2.15 bits per heavy atom. The summed E-state index contributed by atoms with van der Waals surface area (Å²) in [4.78, 5) is 22.2. The Morgan fingerprint density at radius 2 is 1.54 bits per heavy atom. The summed E-state index contributed by atoms with van der Waals surface area (Å²) in [5.41, 5.74) is 0.333. The number of unbranched alkanes of at least 4 members (excludes halogenated alkanes) is 4. The molecular formula is C20H23NO5. The highest BCUT2D eigenvalue weighted by molar-refractivity contribution is 5.91. The fourth-order valence-electron chi connectivity index (χ4n) is 2.38. The number of nitrogens with zero attached hydrogens (tertiary/aromatic N) is 1. The molecule has 0 aliphatic heterocycles. The largest absolute Gasteiger partial charge is 0.494 e. The Hall–Kier alpha value is -2.89. The predicted octanol–water partition coefficient (Wildman–Crippen LogP) is 5.16. The standard InChI is InChI=1S/C20H23NO5/c1-2-3-4-5-6-15-25-18-11-7-16(8-12-18)20(22)26-19-13-9-17(10-14-19)21(23)24/h7-14H,2-6,15H2,1H3. The molecule has 0 unspecified atom stereocenters. The average molecular weight is 357 g/mol. The lowest BCUT2D eigenvalue weighted by molar-refractivity contribution is -0.384. The Morgan fingerprint density at radius 1 is 0.923 bits per heavy atom. The summed E-state index contributed by atoms with van der Waals surface area (Å²) in [5.74, 6) is 0.449. The number of esters is 1. The minimum Gasteiger partial charge on any atom is -0.494 e. The Labute approximate surface area is 152 Å². The van der Waals surface area contributed by atoms with Gasteiger partial charge in [-0.1, -0.05) is 32.6 Å². The van der Waals surface area contributed by atoms with Crippen molar-refractivity contribution in [2.24, 2.45) is 0 Å². The van der Waals surface area contributed by atoms with E-state index in [1.54, 1.807) is 24.3 Å². The molecule has 2 aromatic carbocycles. The Kier molecular flexibility index (Phi) is 7.61. The van der Waals surface area contributed by atoms with Crippen molar-refractivity contribution in [2.75, 3.05) is 6.61 Å². The first kappa shape index (κ1) is 19.4. The molecule has 0 bridgehead atoms. The molecule has 0 aromatic heterocycles. The summed E-state index contributed by atoms with van der Waals surface area (Å²) in [6.45, 7) is 2.85. The first-order chi connectivity index (χ1) is 12.6. The van der Waals surface area contributed by atoms with E-state index in [1.165, 1.54) is 43.5 Å². The Bertz CT molecular complexity index is 710. The van der Waals surface area contributed by atoms with Crippen molar-refractivity contribution < 1.29 is 19.2 Å². The van der Waals surface area contributed by atoms with Gasteiger partial charge in [-0.05, 0) is 42.8 Å². The number of rotatable bonds is 10. The molecule has 6 nitrogen and oxygen atoms in total. The van der Waals surface area contributed by atoms with Gasteiger partial charge in [0.2, 0.25) is 0 Å². The second kappa shape index (κ2) is 10.2. The first-order valence-electron chi connectivity index (χ1n) is 8.79. The number of nitro benzene ring substituents is 1. The molecule has 2 aromatic rings. The number of carbonyl (C=O) groups is 1. The molecule has 0 amide bonds. The van der Waals surface area contributed by atoms with E-state index in [9.17, 15) is 14.9 Å². The normalized spacial score (nSPS) is 10.3. The van der Waals surface area contributed by atoms with Crippen molar-refractivity contribution in [3.63, 3.8) is 0 Å². The van der Waals surface area contributed by atoms with Gasteiger partial charge in [-0.15, -0.1) is 0 Å². The molecule has 0 fully saturated rings. The van der Waals surface area contributed by atoms with E-state index < -0.39 is 10.9 Å². The van der Waals surface area contributed by atoms with E-state index >= 15 is 0 Å². The minimum atomic E-state index is -0.523. The highest BCUT2D eigenvalue weighted by atomic mass is 16.6. The van der Waals surface area contributed by atoms with Crippen LogP contribution in [0.15, 0.2) is 48.5 Å². The van der Waals surface area contributed by atoms with E-state index in [0.717, 1.165) is 12.8 Å². The summed E-state index contributed by atoms with van der Waals surface area (Å²) < 4.78 is 10.9. The van der Waals surface area contributed by atoms with Crippen molar-refractivity contribution in [1.29, 1.82) is 0 Å². The van der Waals surface area contributed by atoms with Gasteiger partial charge in [-0.25, -0.2) is 4.79 Å². The topological polar surface area (TPSA) is 78.7 Å². The van der Waals surface area contributed by atoms with E-state index in [4.69, 9.17) is 9.47 Å². The van der Waals surface area contributed by atoms with Gasteiger partial charge < -0.3 is 9.47 Å². The van der Waals surface area contributed by atoms with Gasteiger partial charge in [-0.2, -0.15) is 0 Å². The number of ether oxygens (including phenoxy) is 2. The van der Waals surface area contributed by atoms with Gasteiger partial charge in [0.25, 0.3) is 5.69 Å². The minimum absolute atomic E-state index is 0.0546. The van der Waals surface area contributed by atoms with Gasteiger partial charge >= 0.3 is 5.97 Å². The molecule has 138 valence electrons. The third-order valence-electron chi connectivity index (χ3n) is 3.86. The lowest BCUT2D eigenvalue weighted by Crippen LogP contribution is -2.08. The van der Waals surface area contributed by atoms with Crippen LogP contribution in [0.25, 0.3) is 0 Å². The summed E-state index contributed by atoms with van der Waals surface area (Å²) in [6, 6.07) is 12.1. The van der Waals surface area contributed by atoms with Crippen molar-refractivity contribution in [2.45, 2.75) is 39.0 Å². The van der Waals surface area contributed by atoms with Gasteiger partial charge in [0.15, 0.2) is 0 Å². The monoisotopic (exact) mass is 357 g/mol. The lowest BCUT2D eigenvalue weighted by atomic mass is 10.2.